The van der Waals surface area contributed by atoms with E-state index in [2.05, 4.69) is 0 Å². The summed E-state index contributed by atoms with van der Waals surface area (Å²) in [6.07, 6.45) is 1.54. The fourth-order valence-electron chi connectivity index (χ4n) is 3.93. The molecule has 0 aromatic heterocycles. The van der Waals surface area contributed by atoms with Crippen molar-refractivity contribution >= 4 is 21.9 Å². The van der Waals surface area contributed by atoms with Gasteiger partial charge in [-0.1, -0.05) is 17.7 Å². The number of benzene rings is 1. The molecular weight excluding hydrogens is 406 g/mol. The summed E-state index contributed by atoms with van der Waals surface area (Å²) in [7, 11) is -3.51. The Labute approximate surface area is 178 Å². The topological polar surface area (TPSA) is 87.2 Å². The predicted molar refractivity (Wildman–Crippen MR) is 112 cm³/mol. The van der Waals surface area contributed by atoms with Gasteiger partial charge < -0.3 is 9.64 Å². The summed E-state index contributed by atoms with van der Waals surface area (Å²) in [5, 5.41) is 0. The summed E-state index contributed by atoms with van der Waals surface area (Å²) in [6.45, 7) is 7.07. The number of likely N-dealkylation sites (tertiary alicyclic amines) is 1. The number of ether oxygens (including phenoxy) is 1. The Morgan fingerprint density at radius 3 is 2.37 bits per heavy atom. The number of carbonyl (C=O) groups excluding carboxylic acids is 2. The normalized spacial score (nSPS) is 21.4. The quantitative estimate of drug-likeness (QED) is 0.620. The summed E-state index contributed by atoms with van der Waals surface area (Å²) < 4.78 is 32.2. The van der Waals surface area contributed by atoms with E-state index < -0.39 is 10.0 Å². The van der Waals surface area contributed by atoms with Gasteiger partial charge in [0.25, 0.3) is 0 Å². The van der Waals surface area contributed by atoms with Gasteiger partial charge >= 0.3 is 5.97 Å². The van der Waals surface area contributed by atoms with E-state index in [1.807, 2.05) is 11.8 Å². The highest BCUT2D eigenvalue weighted by Crippen LogP contribution is 2.20. The zero-order valence-electron chi connectivity index (χ0n) is 17.7. The second-order valence-corrected chi connectivity index (χ2v) is 9.86. The molecule has 1 atom stereocenters. The maximum absolute atomic E-state index is 12.8. The Morgan fingerprint density at radius 2 is 1.73 bits per heavy atom. The van der Waals surface area contributed by atoms with Gasteiger partial charge in [-0.15, -0.1) is 0 Å². The molecule has 0 N–H and O–H groups in total. The first-order valence-corrected chi connectivity index (χ1v) is 12.0. The highest BCUT2D eigenvalue weighted by atomic mass is 32.2. The number of carbonyl (C=O) groups is 2. The number of hydrogen-bond acceptors (Lipinski definition) is 6. The average molecular weight is 438 g/mol. The maximum Gasteiger partial charge on any atom is 0.310 e. The minimum Gasteiger partial charge on any atom is -0.466 e. The molecule has 2 saturated heterocycles. The van der Waals surface area contributed by atoms with Crippen LogP contribution in [0, 0.1) is 12.8 Å². The Kier molecular flexibility index (Phi) is 7.49. The molecule has 9 heteroatoms. The SMILES string of the molecule is CCOC(=O)C1CCCN(C(=O)CN2CCN(S(=O)(=O)c3ccc(C)cc3)CC2)C1. The van der Waals surface area contributed by atoms with E-state index in [0.29, 0.717) is 50.8 Å². The van der Waals surface area contributed by atoms with Crippen molar-refractivity contribution in [3.05, 3.63) is 29.8 Å². The molecule has 166 valence electrons. The summed E-state index contributed by atoms with van der Waals surface area (Å²) in [5.74, 6) is -0.497. The number of piperidine rings is 1. The van der Waals surface area contributed by atoms with E-state index in [1.54, 1.807) is 36.1 Å². The molecule has 0 aliphatic carbocycles. The van der Waals surface area contributed by atoms with Crippen LogP contribution in [0.3, 0.4) is 0 Å². The molecule has 1 aromatic rings. The first-order valence-electron chi connectivity index (χ1n) is 10.5. The fourth-order valence-corrected chi connectivity index (χ4v) is 5.36. The van der Waals surface area contributed by atoms with Crippen LogP contribution in [-0.4, -0.2) is 86.8 Å². The molecule has 1 unspecified atom stereocenters. The molecule has 0 radical (unpaired) electrons. The predicted octanol–water partition coefficient (Wildman–Crippen LogP) is 1.10. The van der Waals surface area contributed by atoms with Gasteiger partial charge in [0, 0.05) is 39.3 Å². The molecule has 8 nitrogen and oxygen atoms in total. The van der Waals surface area contributed by atoms with Gasteiger partial charge in [-0.25, -0.2) is 8.42 Å². The molecule has 1 aromatic carbocycles. The Morgan fingerprint density at radius 1 is 1.07 bits per heavy atom. The number of amides is 1. The molecule has 0 spiro atoms. The smallest absolute Gasteiger partial charge is 0.310 e. The molecule has 2 heterocycles. The summed E-state index contributed by atoms with van der Waals surface area (Å²) in [5.41, 5.74) is 1.01. The highest BCUT2D eigenvalue weighted by molar-refractivity contribution is 7.89. The second kappa shape index (κ2) is 9.89. The van der Waals surface area contributed by atoms with Crippen LogP contribution in [0.4, 0.5) is 0 Å². The minimum absolute atomic E-state index is 0.0150. The van der Waals surface area contributed by atoms with Crippen LogP contribution in [-0.2, 0) is 24.3 Å². The maximum atomic E-state index is 12.8. The third-order valence-corrected chi connectivity index (χ3v) is 7.66. The van der Waals surface area contributed by atoms with Crippen LogP contribution in [0.5, 0.6) is 0 Å². The average Bonchev–Trinajstić information content (AvgIpc) is 2.74. The van der Waals surface area contributed by atoms with Crippen molar-refractivity contribution in [2.75, 3.05) is 52.4 Å². The van der Waals surface area contributed by atoms with Gasteiger partial charge in [-0.2, -0.15) is 4.31 Å². The number of hydrogen-bond donors (Lipinski definition) is 0. The highest BCUT2D eigenvalue weighted by Gasteiger charge is 2.32. The first-order chi connectivity index (χ1) is 14.3. The molecule has 2 aliphatic rings. The third-order valence-electron chi connectivity index (χ3n) is 5.74. The van der Waals surface area contributed by atoms with E-state index in [9.17, 15) is 18.0 Å². The fraction of sp³-hybridized carbons (Fsp3) is 0.619. The number of esters is 1. The lowest BCUT2D eigenvalue weighted by Crippen LogP contribution is -2.52. The summed E-state index contributed by atoms with van der Waals surface area (Å²) in [6, 6.07) is 6.86. The van der Waals surface area contributed by atoms with E-state index in [1.165, 1.54) is 4.31 Å². The summed E-state index contributed by atoms with van der Waals surface area (Å²) in [4.78, 5) is 28.7. The van der Waals surface area contributed by atoms with Crippen LogP contribution in [0.25, 0.3) is 0 Å². The van der Waals surface area contributed by atoms with Crippen LogP contribution < -0.4 is 0 Å². The van der Waals surface area contributed by atoms with Crippen LogP contribution in [0.1, 0.15) is 25.3 Å². The van der Waals surface area contributed by atoms with Gasteiger partial charge in [0.15, 0.2) is 0 Å². The number of piperazine rings is 1. The molecule has 1 amide bonds. The zero-order valence-corrected chi connectivity index (χ0v) is 18.6. The molecule has 0 saturated carbocycles. The number of aryl methyl sites for hydroxylation is 1. The minimum atomic E-state index is -3.51. The third kappa shape index (κ3) is 5.39. The lowest BCUT2D eigenvalue weighted by Gasteiger charge is -2.36. The Hall–Kier alpha value is -1.97. The van der Waals surface area contributed by atoms with Gasteiger partial charge in [0.1, 0.15) is 0 Å². The van der Waals surface area contributed by atoms with Gasteiger partial charge in [0.2, 0.25) is 15.9 Å². The molecule has 0 bridgehead atoms. The Bertz CT molecular complexity index is 848. The van der Waals surface area contributed by atoms with E-state index >= 15 is 0 Å². The molecule has 3 rings (SSSR count). The van der Waals surface area contributed by atoms with Crippen molar-refractivity contribution in [3.8, 4) is 0 Å². The van der Waals surface area contributed by atoms with Crippen molar-refractivity contribution in [1.29, 1.82) is 0 Å². The van der Waals surface area contributed by atoms with E-state index in [-0.39, 0.29) is 24.3 Å². The Balaban J connectivity index is 1.51. The standard InChI is InChI=1S/C21H31N3O5S/c1-3-29-21(26)18-5-4-10-23(15-18)20(25)16-22-11-13-24(14-12-22)30(27,28)19-8-6-17(2)7-9-19/h6-9,18H,3-5,10-16H2,1-2H3. The molecule has 30 heavy (non-hydrogen) atoms. The number of nitrogens with zero attached hydrogens (tertiary/aromatic N) is 3. The second-order valence-electron chi connectivity index (χ2n) is 7.92. The molecular formula is C21H31N3O5S. The van der Waals surface area contributed by atoms with Gasteiger partial charge in [0.05, 0.1) is 24.0 Å². The lowest BCUT2D eigenvalue weighted by molar-refractivity contribution is -0.151. The summed E-state index contributed by atoms with van der Waals surface area (Å²) >= 11 is 0. The van der Waals surface area contributed by atoms with Gasteiger partial charge in [-0.05, 0) is 38.8 Å². The van der Waals surface area contributed by atoms with Crippen molar-refractivity contribution in [1.82, 2.24) is 14.1 Å². The molecule has 2 fully saturated rings. The zero-order chi connectivity index (χ0) is 21.7. The molecule has 2 aliphatic heterocycles. The van der Waals surface area contributed by atoms with E-state index in [4.69, 9.17) is 4.74 Å². The van der Waals surface area contributed by atoms with Gasteiger partial charge in [-0.3, -0.25) is 14.5 Å². The van der Waals surface area contributed by atoms with Crippen LogP contribution >= 0.6 is 0 Å². The van der Waals surface area contributed by atoms with Crippen molar-refractivity contribution in [2.24, 2.45) is 5.92 Å². The van der Waals surface area contributed by atoms with Crippen molar-refractivity contribution in [2.45, 2.75) is 31.6 Å². The monoisotopic (exact) mass is 437 g/mol. The lowest BCUT2D eigenvalue weighted by atomic mass is 9.98. The number of rotatable bonds is 6. The van der Waals surface area contributed by atoms with Crippen molar-refractivity contribution in [3.63, 3.8) is 0 Å². The largest absolute Gasteiger partial charge is 0.466 e. The first kappa shape index (κ1) is 22.7. The van der Waals surface area contributed by atoms with Crippen LogP contribution in [0.2, 0.25) is 0 Å². The van der Waals surface area contributed by atoms with E-state index in [0.717, 1.165) is 18.4 Å². The number of sulfonamides is 1. The van der Waals surface area contributed by atoms with Crippen molar-refractivity contribution < 1.29 is 22.7 Å². The van der Waals surface area contributed by atoms with Crippen LogP contribution in [0.15, 0.2) is 29.2 Å².